The van der Waals surface area contributed by atoms with E-state index in [2.05, 4.69) is 19.9 Å². The van der Waals surface area contributed by atoms with Crippen LogP contribution in [0, 0.1) is 19.7 Å². The third-order valence-electron chi connectivity index (χ3n) is 4.54. The molecule has 0 spiro atoms. The van der Waals surface area contributed by atoms with Crippen molar-refractivity contribution in [3.8, 4) is 11.5 Å². The van der Waals surface area contributed by atoms with Crippen molar-refractivity contribution in [2.24, 2.45) is 0 Å². The van der Waals surface area contributed by atoms with Crippen LogP contribution in [0.25, 0.3) is 0 Å². The maximum Gasteiger partial charge on any atom is 0.146 e. The van der Waals surface area contributed by atoms with E-state index in [-0.39, 0.29) is 5.82 Å². The Labute approximate surface area is 161 Å². The molecule has 7 heteroatoms. The summed E-state index contributed by atoms with van der Waals surface area (Å²) in [6.07, 6.45) is 2.51. The molecule has 0 bridgehead atoms. The summed E-state index contributed by atoms with van der Waals surface area (Å²) in [7, 11) is 0. The molecule has 0 fully saturated rings. The minimum atomic E-state index is -0.296. The Hall–Kier alpha value is -2.73. The molecular formula is C20H18ClFN4O. The van der Waals surface area contributed by atoms with Crippen LogP contribution in [-0.2, 0) is 13.0 Å². The Morgan fingerprint density at radius 3 is 2.67 bits per heavy atom. The summed E-state index contributed by atoms with van der Waals surface area (Å²) < 4.78 is 18.9. The van der Waals surface area contributed by atoms with Crippen molar-refractivity contribution >= 4 is 17.4 Å². The molecule has 3 aromatic rings. The molecule has 0 radical (unpaired) electrons. The largest absolute Gasteiger partial charge is 0.456 e. The number of halogens is 2. The Kier molecular flexibility index (Phi) is 4.66. The fraction of sp³-hybridized carbons (Fsp3) is 0.250. The van der Waals surface area contributed by atoms with Crippen molar-refractivity contribution in [1.29, 1.82) is 0 Å². The van der Waals surface area contributed by atoms with Gasteiger partial charge in [-0.2, -0.15) is 0 Å². The minimum Gasteiger partial charge on any atom is -0.456 e. The first-order valence-corrected chi connectivity index (χ1v) is 9.04. The van der Waals surface area contributed by atoms with Gasteiger partial charge >= 0.3 is 0 Å². The van der Waals surface area contributed by atoms with Gasteiger partial charge in [0.2, 0.25) is 0 Å². The number of aryl methyl sites for hydroxylation is 1. The molecule has 0 saturated heterocycles. The van der Waals surface area contributed by atoms with Crippen molar-refractivity contribution in [3.05, 3.63) is 70.1 Å². The van der Waals surface area contributed by atoms with Crippen LogP contribution in [0.15, 0.2) is 36.5 Å². The molecule has 1 aliphatic rings. The Balaban J connectivity index is 1.59. The van der Waals surface area contributed by atoms with Gasteiger partial charge in [0.05, 0.1) is 6.20 Å². The molecule has 0 amide bonds. The zero-order valence-corrected chi connectivity index (χ0v) is 15.8. The summed E-state index contributed by atoms with van der Waals surface area (Å²) in [5.74, 6) is 2.40. The number of rotatable bonds is 3. The highest BCUT2D eigenvalue weighted by Crippen LogP contribution is 2.30. The second kappa shape index (κ2) is 7.12. The number of benzene rings is 1. The minimum absolute atomic E-state index is 0.296. The number of aromatic nitrogens is 3. The lowest BCUT2D eigenvalue weighted by atomic mass is 10.1. The van der Waals surface area contributed by atoms with Gasteiger partial charge in [-0.15, -0.1) is 0 Å². The van der Waals surface area contributed by atoms with Gasteiger partial charge in [-0.05, 0) is 49.7 Å². The van der Waals surface area contributed by atoms with E-state index >= 15 is 0 Å². The number of pyridine rings is 1. The van der Waals surface area contributed by atoms with Crippen LogP contribution < -0.4 is 9.64 Å². The van der Waals surface area contributed by atoms with E-state index in [1.807, 2.05) is 19.9 Å². The van der Waals surface area contributed by atoms with Gasteiger partial charge in [0.1, 0.15) is 34.1 Å². The Morgan fingerprint density at radius 2 is 1.89 bits per heavy atom. The number of fused-ring (bicyclic) bond motifs is 1. The number of hydrogen-bond acceptors (Lipinski definition) is 5. The number of hydrogen-bond donors (Lipinski definition) is 0. The van der Waals surface area contributed by atoms with E-state index in [0.717, 1.165) is 35.6 Å². The summed E-state index contributed by atoms with van der Waals surface area (Å²) in [5.41, 5.74) is 3.00. The predicted molar refractivity (Wildman–Crippen MR) is 102 cm³/mol. The molecule has 0 saturated carbocycles. The van der Waals surface area contributed by atoms with Crippen LogP contribution in [-0.4, -0.2) is 21.5 Å². The van der Waals surface area contributed by atoms with Gasteiger partial charge in [0, 0.05) is 30.8 Å². The maximum atomic E-state index is 13.1. The van der Waals surface area contributed by atoms with Gasteiger partial charge in [-0.25, -0.2) is 14.4 Å². The Bertz CT molecular complexity index is 994. The van der Waals surface area contributed by atoms with Crippen molar-refractivity contribution in [2.45, 2.75) is 26.8 Å². The smallest absolute Gasteiger partial charge is 0.146 e. The van der Waals surface area contributed by atoms with E-state index in [1.54, 1.807) is 18.3 Å². The summed E-state index contributed by atoms with van der Waals surface area (Å²) in [6.45, 7) is 5.24. The van der Waals surface area contributed by atoms with Crippen LogP contribution in [0.4, 0.5) is 10.2 Å². The molecule has 0 unspecified atom stereocenters. The third-order valence-corrected chi connectivity index (χ3v) is 4.90. The molecule has 4 rings (SSSR count). The monoisotopic (exact) mass is 384 g/mol. The summed E-state index contributed by atoms with van der Waals surface area (Å²) in [4.78, 5) is 15.5. The predicted octanol–water partition coefficient (Wildman–Crippen LogP) is 4.64. The lowest BCUT2D eigenvalue weighted by molar-refractivity contribution is 0.475. The average Bonchev–Trinajstić information content (AvgIpc) is 2.66. The highest BCUT2D eigenvalue weighted by atomic mass is 35.5. The zero-order chi connectivity index (χ0) is 19.0. The average molecular weight is 385 g/mol. The van der Waals surface area contributed by atoms with Crippen molar-refractivity contribution < 1.29 is 9.13 Å². The van der Waals surface area contributed by atoms with Gasteiger partial charge in [0.25, 0.3) is 0 Å². The van der Waals surface area contributed by atoms with Gasteiger partial charge in [-0.1, -0.05) is 11.6 Å². The van der Waals surface area contributed by atoms with Gasteiger partial charge in [-0.3, -0.25) is 4.98 Å². The molecule has 1 aromatic carbocycles. The number of anilines is 1. The summed E-state index contributed by atoms with van der Waals surface area (Å²) in [5, 5.41) is 0.481. The lowest BCUT2D eigenvalue weighted by Gasteiger charge is -2.30. The molecule has 27 heavy (non-hydrogen) atoms. The highest BCUT2D eigenvalue weighted by molar-refractivity contribution is 6.30. The fourth-order valence-electron chi connectivity index (χ4n) is 3.17. The van der Waals surface area contributed by atoms with Crippen LogP contribution in [0.2, 0.25) is 5.15 Å². The summed E-state index contributed by atoms with van der Waals surface area (Å²) in [6, 6.07) is 7.90. The van der Waals surface area contributed by atoms with Crippen molar-refractivity contribution in [1.82, 2.24) is 15.0 Å². The number of nitrogens with zero attached hydrogens (tertiary/aromatic N) is 4. The van der Waals surface area contributed by atoms with Gasteiger partial charge < -0.3 is 9.64 Å². The molecule has 5 nitrogen and oxygen atoms in total. The van der Waals surface area contributed by atoms with Crippen molar-refractivity contribution in [3.63, 3.8) is 0 Å². The highest BCUT2D eigenvalue weighted by Gasteiger charge is 2.22. The van der Waals surface area contributed by atoms with Gasteiger partial charge in [0.15, 0.2) is 0 Å². The zero-order valence-electron chi connectivity index (χ0n) is 15.0. The van der Waals surface area contributed by atoms with E-state index < -0.39 is 0 Å². The molecular weight excluding hydrogens is 367 g/mol. The van der Waals surface area contributed by atoms with Crippen molar-refractivity contribution in [2.75, 3.05) is 11.4 Å². The topological polar surface area (TPSA) is 51.1 Å². The second-order valence-electron chi connectivity index (χ2n) is 6.51. The third kappa shape index (κ3) is 3.71. The van der Waals surface area contributed by atoms with E-state index in [4.69, 9.17) is 16.3 Å². The first-order valence-electron chi connectivity index (χ1n) is 8.66. The molecule has 0 N–H and O–H groups in total. The van der Waals surface area contributed by atoms with E-state index in [9.17, 15) is 4.39 Å². The van der Waals surface area contributed by atoms with Crippen LogP contribution in [0.3, 0.4) is 0 Å². The van der Waals surface area contributed by atoms with Crippen LogP contribution in [0.1, 0.15) is 22.6 Å². The SMILES string of the molecule is Cc1nc(Cl)c(C)c(N2CCc3ncc(Oc4ccc(F)cc4)cc3C2)n1. The van der Waals surface area contributed by atoms with Crippen LogP contribution >= 0.6 is 11.6 Å². The standard InChI is InChI=1S/C20H18ClFN4O/c1-12-19(21)24-13(2)25-20(12)26-8-7-18-14(11-26)9-17(10-23-18)27-16-5-3-15(22)4-6-16/h3-6,9-10H,7-8,11H2,1-2H3. The molecule has 0 aliphatic carbocycles. The van der Waals surface area contributed by atoms with E-state index in [1.165, 1.54) is 12.1 Å². The second-order valence-corrected chi connectivity index (χ2v) is 6.87. The molecule has 2 aromatic heterocycles. The first kappa shape index (κ1) is 17.7. The molecule has 0 atom stereocenters. The first-order chi connectivity index (χ1) is 13.0. The molecule has 3 heterocycles. The van der Waals surface area contributed by atoms with Crippen LogP contribution in [0.5, 0.6) is 11.5 Å². The summed E-state index contributed by atoms with van der Waals surface area (Å²) >= 11 is 6.23. The van der Waals surface area contributed by atoms with E-state index in [0.29, 0.717) is 29.0 Å². The fourth-order valence-corrected chi connectivity index (χ4v) is 3.37. The normalized spacial score (nSPS) is 13.4. The molecule has 1 aliphatic heterocycles. The number of ether oxygens (including phenoxy) is 1. The lowest BCUT2D eigenvalue weighted by Crippen LogP contribution is -2.32. The Morgan fingerprint density at radius 1 is 1.11 bits per heavy atom. The quantitative estimate of drug-likeness (QED) is 0.616. The molecule has 138 valence electrons. The maximum absolute atomic E-state index is 13.1.